The predicted molar refractivity (Wildman–Crippen MR) is 90.2 cm³/mol. The topological polar surface area (TPSA) is 45.7 Å². The number of hydrogen-bond acceptors (Lipinski definition) is 4. The van der Waals surface area contributed by atoms with Gasteiger partial charge in [-0.1, -0.05) is 18.2 Å². The maximum atomic E-state index is 12.4. The Morgan fingerprint density at radius 1 is 1.25 bits per heavy atom. The van der Waals surface area contributed by atoms with Gasteiger partial charge in [0.05, 0.1) is 18.2 Å². The summed E-state index contributed by atoms with van der Waals surface area (Å²) in [6, 6.07) is 10.5. The van der Waals surface area contributed by atoms with Crippen molar-refractivity contribution in [2.75, 3.05) is 19.7 Å². The lowest BCUT2D eigenvalue weighted by atomic mass is 10.0. The van der Waals surface area contributed by atoms with Gasteiger partial charge in [0.15, 0.2) is 5.72 Å². The van der Waals surface area contributed by atoms with Crippen LogP contribution in [0.4, 0.5) is 0 Å². The summed E-state index contributed by atoms with van der Waals surface area (Å²) in [4.78, 5) is 21.3. The predicted octanol–water partition coefficient (Wildman–Crippen LogP) is 2.16. The smallest absolute Gasteiger partial charge is 0.226 e. The van der Waals surface area contributed by atoms with Crippen LogP contribution in [0.2, 0.25) is 0 Å². The van der Waals surface area contributed by atoms with Crippen LogP contribution in [-0.4, -0.2) is 52.2 Å². The van der Waals surface area contributed by atoms with Gasteiger partial charge in [-0.3, -0.25) is 14.7 Å². The van der Waals surface area contributed by atoms with Gasteiger partial charge in [-0.2, -0.15) is 0 Å². The molecule has 3 aliphatic rings. The van der Waals surface area contributed by atoms with Crippen LogP contribution in [0.5, 0.6) is 0 Å². The van der Waals surface area contributed by atoms with E-state index in [4.69, 9.17) is 4.74 Å². The molecule has 5 heteroatoms. The average molecular weight is 323 g/mol. The standard InChI is InChI=1S/C19H21N3O2/c23-18-12-17-19(22(18)9-3-11-24-19)7-10-21(17)13-14-6-8-20-16-5-2-1-4-15(14)16/h1-2,4-6,8,17H,3,7,9-13H2/t17-,19+/m1/s1. The Morgan fingerprint density at radius 2 is 2.17 bits per heavy atom. The lowest BCUT2D eigenvalue weighted by molar-refractivity contribution is -0.180. The summed E-state index contributed by atoms with van der Waals surface area (Å²) in [6.45, 7) is 3.44. The molecule has 5 nitrogen and oxygen atoms in total. The number of fused-ring (bicyclic) bond motifs is 1. The molecule has 0 saturated carbocycles. The van der Waals surface area contributed by atoms with Gasteiger partial charge >= 0.3 is 0 Å². The van der Waals surface area contributed by atoms with Crippen molar-refractivity contribution in [2.24, 2.45) is 0 Å². The molecule has 3 saturated heterocycles. The normalized spacial score (nSPS) is 29.9. The van der Waals surface area contributed by atoms with Crippen molar-refractivity contribution in [1.29, 1.82) is 0 Å². The Labute approximate surface area is 141 Å². The molecule has 24 heavy (non-hydrogen) atoms. The van der Waals surface area contributed by atoms with Gasteiger partial charge in [-0.05, 0) is 24.1 Å². The Balaban J connectivity index is 1.47. The molecule has 1 aromatic heterocycles. The van der Waals surface area contributed by atoms with Gasteiger partial charge in [-0.15, -0.1) is 0 Å². The van der Waals surface area contributed by atoms with Crippen LogP contribution in [0.15, 0.2) is 36.5 Å². The van der Waals surface area contributed by atoms with E-state index in [0.717, 1.165) is 44.6 Å². The summed E-state index contributed by atoms with van der Waals surface area (Å²) in [6.07, 6.45) is 4.34. The highest BCUT2D eigenvalue weighted by Gasteiger charge is 2.60. The monoisotopic (exact) mass is 323 g/mol. The number of nitrogens with zero attached hydrogens (tertiary/aromatic N) is 3. The zero-order chi connectivity index (χ0) is 16.1. The van der Waals surface area contributed by atoms with Gasteiger partial charge in [0.1, 0.15) is 0 Å². The molecule has 2 aromatic rings. The Morgan fingerprint density at radius 3 is 3.12 bits per heavy atom. The van der Waals surface area contributed by atoms with Crippen LogP contribution in [-0.2, 0) is 16.1 Å². The first-order chi connectivity index (χ1) is 11.8. The summed E-state index contributed by atoms with van der Waals surface area (Å²) in [5, 5.41) is 1.20. The molecule has 3 fully saturated rings. The third kappa shape index (κ3) is 1.95. The molecule has 1 amide bonds. The average Bonchev–Trinajstić information content (AvgIpc) is 3.09. The summed E-state index contributed by atoms with van der Waals surface area (Å²) < 4.78 is 6.19. The van der Waals surface area contributed by atoms with Crippen LogP contribution in [0.1, 0.15) is 24.8 Å². The van der Waals surface area contributed by atoms with E-state index in [9.17, 15) is 4.79 Å². The second kappa shape index (κ2) is 5.26. The van der Waals surface area contributed by atoms with Gasteiger partial charge in [0.2, 0.25) is 5.91 Å². The van der Waals surface area contributed by atoms with Gasteiger partial charge in [0.25, 0.3) is 0 Å². The van der Waals surface area contributed by atoms with Crippen LogP contribution in [0, 0.1) is 0 Å². The fraction of sp³-hybridized carbons (Fsp3) is 0.474. The molecule has 0 radical (unpaired) electrons. The third-order valence-corrected chi connectivity index (χ3v) is 5.84. The van der Waals surface area contributed by atoms with Crippen molar-refractivity contribution in [2.45, 2.75) is 37.6 Å². The van der Waals surface area contributed by atoms with Gasteiger partial charge < -0.3 is 9.64 Å². The van der Waals surface area contributed by atoms with Crippen molar-refractivity contribution >= 4 is 16.8 Å². The molecule has 0 N–H and O–H groups in total. The largest absolute Gasteiger partial charge is 0.354 e. The molecule has 0 aliphatic carbocycles. The van der Waals surface area contributed by atoms with Gasteiger partial charge in [0, 0.05) is 44.1 Å². The quantitative estimate of drug-likeness (QED) is 0.850. The molecule has 0 unspecified atom stereocenters. The zero-order valence-corrected chi connectivity index (χ0v) is 13.6. The lowest BCUT2D eigenvalue weighted by Gasteiger charge is -2.42. The fourth-order valence-corrected chi connectivity index (χ4v) is 4.73. The minimum Gasteiger partial charge on any atom is -0.354 e. The minimum atomic E-state index is -0.363. The van der Waals surface area contributed by atoms with E-state index < -0.39 is 0 Å². The molecule has 1 spiro atoms. The maximum Gasteiger partial charge on any atom is 0.226 e. The van der Waals surface area contributed by atoms with Crippen molar-refractivity contribution < 1.29 is 9.53 Å². The highest BCUT2D eigenvalue weighted by Crippen LogP contribution is 2.45. The minimum absolute atomic E-state index is 0.178. The number of pyridine rings is 1. The molecule has 1 aromatic carbocycles. The van der Waals surface area contributed by atoms with Crippen LogP contribution < -0.4 is 0 Å². The van der Waals surface area contributed by atoms with Crippen LogP contribution in [0.25, 0.3) is 10.9 Å². The van der Waals surface area contributed by atoms with E-state index in [2.05, 4.69) is 34.1 Å². The first kappa shape index (κ1) is 14.4. The molecule has 3 aliphatic heterocycles. The number of likely N-dealkylation sites (tertiary alicyclic amines) is 1. The third-order valence-electron chi connectivity index (χ3n) is 5.84. The van der Waals surface area contributed by atoms with E-state index in [1.807, 2.05) is 17.2 Å². The number of rotatable bonds is 2. The molecule has 5 rings (SSSR count). The maximum absolute atomic E-state index is 12.4. The molecule has 4 heterocycles. The molecule has 0 bridgehead atoms. The van der Waals surface area contributed by atoms with E-state index in [1.54, 1.807) is 0 Å². The van der Waals surface area contributed by atoms with Crippen LogP contribution >= 0.6 is 0 Å². The summed E-state index contributed by atoms with van der Waals surface area (Å²) in [7, 11) is 0. The highest BCUT2D eigenvalue weighted by atomic mass is 16.5. The molecular weight excluding hydrogens is 302 g/mol. The summed E-state index contributed by atoms with van der Waals surface area (Å²) >= 11 is 0. The van der Waals surface area contributed by atoms with E-state index in [-0.39, 0.29) is 17.7 Å². The van der Waals surface area contributed by atoms with Crippen molar-refractivity contribution in [3.8, 4) is 0 Å². The van der Waals surface area contributed by atoms with Crippen molar-refractivity contribution in [1.82, 2.24) is 14.8 Å². The first-order valence-corrected chi connectivity index (χ1v) is 8.79. The number of carbonyl (C=O) groups is 1. The van der Waals surface area contributed by atoms with Crippen LogP contribution in [0.3, 0.4) is 0 Å². The van der Waals surface area contributed by atoms with Crippen molar-refractivity contribution in [3.05, 3.63) is 42.1 Å². The molecule has 2 atom stereocenters. The number of ether oxygens (including phenoxy) is 1. The Hall–Kier alpha value is -1.98. The Kier molecular flexibility index (Phi) is 3.15. The number of hydrogen-bond donors (Lipinski definition) is 0. The second-order valence-corrected chi connectivity index (χ2v) is 7.02. The fourth-order valence-electron chi connectivity index (χ4n) is 4.73. The van der Waals surface area contributed by atoms with E-state index in [1.165, 1.54) is 10.9 Å². The number of aromatic nitrogens is 1. The number of benzene rings is 1. The summed E-state index contributed by atoms with van der Waals surface area (Å²) in [5.74, 6) is 0.254. The number of para-hydroxylation sites is 1. The van der Waals surface area contributed by atoms with Crippen molar-refractivity contribution in [3.63, 3.8) is 0 Å². The van der Waals surface area contributed by atoms with E-state index in [0.29, 0.717) is 6.42 Å². The second-order valence-electron chi connectivity index (χ2n) is 7.02. The SMILES string of the molecule is O=C1C[C@H]2N(Cc3ccnc4ccccc34)CC[C@]23OCCCN13. The van der Waals surface area contributed by atoms with E-state index >= 15 is 0 Å². The zero-order valence-electron chi connectivity index (χ0n) is 13.6. The molecule has 124 valence electrons. The molecular formula is C19H21N3O2. The van der Waals surface area contributed by atoms with Gasteiger partial charge in [-0.25, -0.2) is 0 Å². The number of amides is 1. The Bertz CT molecular complexity index is 803. The summed E-state index contributed by atoms with van der Waals surface area (Å²) in [5.41, 5.74) is 1.94. The lowest BCUT2D eigenvalue weighted by Crippen LogP contribution is -2.56. The highest BCUT2D eigenvalue weighted by molar-refractivity contribution is 5.82. The number of carbonyl (C=O) groups excluding carboxylic acids is 1. The first-order valence-electron chi connectivity index (χ1n) is 8.79.